The lowest BCUT2D eigenvalue weighted by Gasteiger charge is -2.18. The average molecular weight is 354 g/mol. The summed E-state index contributed by atoms with van der Waals surface area (Å²) in [5.41, 5.74) is 2.14. The second kappa shape index (κ2) is 6.59. The number of thioether (sulfide) groups is 1. The molecule has 0 spiro atoms. The van der Waals surface area contributed by atoms with Gasteiger partial charge in [0.1, 0.15) is 0 Å². The number of nitrogens with zero attached hydrogens (tertiary/aromatic N) is 1. The number of rotatable bonds is 3. The Morgan fingerprint density at radius 1 is 1.21 bits per heavy atom. The van der Waals surface area contributed by atoms with E-state index in [2.05, 4.69) is 0 Å². The van der Waals surface area contributed by atoms with Gasteiger partial charge in [-0.25, -0.2) is 0 Å². The molecular formula is C18H12NO3S2-. The van der Waals surface area contributed by atoms with Crippen LogP contribution in [-0.4, -0.2) is 16.2 Å². The van der Waals surface area contributed by atoms with Crippen molar-refractivity contribution in [2.24, 2.45) is 0 Å². The predicted octanol–water partition coefficient (Wildman–Crippen LogP) is 2.76. The molecule has 2 aromatic carbocycles. The van der Waals surface area contributed by atoms with Crippen molar-refractivity contribution in [3.05, 3.63) is 70.1 Å². The molecule has 0 N–H and O–H groups in total. The van der Waals surface area contributed by atoms with Gasteiger partial charge in [-0.05, 0) is 35.8 Å². The van der Waals surface area contributed by atoms with Crippen LogP contribution in [0.2, 0.25) is 0 Å². The summed E-state index contributed by atoms with van der Waals surface area (Å²) in [5.74, 6) is -1.55. The normalized spacial score (nSPS) is 16.0. The number of aromatic carboxylic acids is 1. The number of carboxylic acid groups (broad SMARTS) is 1. The number of carbonyl (C=O) groups is 2. The molecule has 0 atom stereocenters. The van der Waals surface area contributed by atoms with E-state index in [0.717, 1.165) is 11.1 Å². The van der Waals surface area contributed by atoms with Crippen LogP contribution in [-0.2, 0) is 4.79 Å². The Bertz CT molecular complexity index is 875. The number of carboxylic acids is 1. The Morgan fingerprint density at radius 2 is 1.92 bits per heavy atom. The van der Waals surface area contributed by atoms with E-state index in [0.29, 0.717) is 14.9 Å². The number of amides is 1. The van der Waals surface area contributed by atoms with E-state index in [1.54, 1.807) is 19.1 Å². The lowest BCUT2D eigenvalue weighted by Crippen LogP contribution is -2.29. The maximum atomic E-state index is 12.7. The number of hydrogen-bond donors (Lipinski definition) is 0. The highest BCUT2D eigenvalue weighted by molar-refractivity contribution is 8.27. The van der Waals surface area contributed by atoms with Crippen LogP contribution in [0.5, 0.6) is 0 Å². The third-order valence-corrected chi connectivity index (χ3v) is 4.88. The van der Waals surface area contributed by atoms with Crippen LogP contribution in [0.3, 0.4) is 0 Å². The summed E-state index contributed by atoms with van der Waals surface area (Å²) in [4.78, 5) is 25.7. The van der Waals surface area contributed by atoms with Crippen LogP contribution in [0.15, 0.2) is 53.4 Å². The molecule has 24 heavy (non-hydrogen) atoms. The number of thiocarbonyl (C=S) groups is 1. The van der Waals surface area contributed by atoms with Gasteiger partial charge >= 0.3 is 0 Å². The van der Waals surface area contributed by atoms with E-state index >= 15 is 0 Å². The molecule has 6 heteroatoms. The SMILES string of the molecule is Cc1ccc(C(=O)[O-])cc1N1C(=O)/C(=C/c2ccccc2)SC1=S. The molecular weight excluding hydrogens is 342 g/mol. The maximum absolute atomic E-state index is 12.7. The Balaban J connectivity index is 2.00. The first kappa shape index (κ1) is 16.4. The fraction of sp³-hybridized carbons (Fsp3) is 0.0556. The fourth-order valence-electron chi connectivity index (χ4n) is 2.35. The van der Waals surface area contributed by atoms with Gasteiger partial charge in [0, 0.05) is 0 Å². The molecule has 4 nitrogen and oxygen atoms in total. The quantitative estimate of drug-likeness (QED) is 0.627. The standard InChI is InChI=1S/C18H13NO3S2/c1-11-7-8-13(17(21)22)10-14(11)19-16(20)15(24-18(19)23)9-12-5-3-2-4-6-12/h2-10H,1H3,(H,21,22)/p-1/b15-9-. The number of hydrogen-bond acceptors (Lipinski definition) is 5. The summed E-state index contributed by atoms with van der Waals surface area (Å²) in [6.07, 6.45) is 1.78. The summed E-state index contributed by atoms with van der Waals surface area (Å²) in [6, 6.07) is 14.0. The van der Waals surface area contributed by atoms with Crippen LogP contribution < -0.4 is 10.0 Å². The van der Waals surface area contributed by atoms with E-state index in [1.165, 1.54) is 28.8 Å². The Labute approximate surface area is 148 Å². The first-order valence-electron chi connectivity index (χ1n) is 7.12. The van der Waals surface area contributed by atoms with Gasteiger partial charge in [0.2, 0.25) is 0 Å². The Kier molecular flexibility index (Phi) is 4.51. The van der Waals surface area contributed by atoms with Crippen molar-refractivity contribution in [2.75, 3.05) is 4.90 Å². The van der Waals surface area contributed by atoms with Gasteiger partial charge < -0.3 is 9.90 Å². The monoisotopic (exact) mass is 354 g/mol. The van der Waals surface area contributed by atoms with Gasteiger partial charge in [0.15, 0.2) is 4.32 Å². The van der Waals surface area contributed by atoms with Crippen LogP contribution in [0, 0.1) is 6.92 Å². The molecule has 1 heterocycles. The minimum atomic E-state index is -1.29. The Hall–Kier alpha value is -2.44. The molecule has 2 aromatic rings. The van der Waals surface area contributed by atoms with E-state index < -0.39 is 5.97 Å². The van der Waals surface area contributed by atoms with Gasteiger partial charge in [-0.1, -0.05) is 66.4 Å². The van der Waals surface area contributed by atoms with Crippen LogP contribution in [0.25, 0.3) is 6.08 Å². The summed E-state index contributed by atoms with van der Waals surface area (Å²) in [5, 5.41) is 11.1. The molecule has 0 aromatic heterocycles. The summed E-state index contributed by atoms with van der Waals surface area (Å²) in [7, 11) is 0. The summed E-state index contributed by atoms with van der Waals surface area (Å²) >= 11 is 6.53. The highest BCUT2D eigenvalue weighted by Gasteiger charge is 2.34. The van der Waals surface area contributed by atoms with Crippen LogP contribution >= 0.6 is 24.0 Å². The molecule has 1 fully saturated rings. The third-order valence-electron chi connectivity index (χ3n) is 3.58. The van der Waals surface area contributed by atoms with E-state index in [-0.39, 0.29) is 11.5 Å². The largest absolute Gasteiger partial charge is 0.545 e. The van der Waals surface area contributed by atoms with Crippen LogP contribution in [0.4, 0.5) is 5.69 Å². The Morgan fingerprint density at radius 3 is 2.58 bits per heavy atom. The smallest absolute Gasteiger partial charge is 0.270 e. The highest BCUT2D eigenvalue weighted by atomic mass is 32.2. The number of benzene rings is 2. The minimum absolute atomic E-state index is 0.0108. The molecule has 0 saturated carbocycles. The van der Waals surface area contributed by atoms with Crippen molar-refractivity contribution in [1.82, 2.24) is 0 Å². The number of aryl methyl sites for hydroxylation is 1. The zero-order chi connectivity index (χ0) is 17.3. The van der Waals surface area contributed by atoms with Crippen molar-refractivity contribution < 1.29 is 14.7 Å². The van der Waals surface area contributed by atoms with Gasteiger partial charge in [0.05, 0.1) is 16.6 Å². The topological polar surface area (TPSA) is 60.4 Å². The molecule has 120 valence electrons. The lowest BCUT2D eigenvalue weighted by molar-refractivity contribution is -0.255. The first-order chi connectivity index (χ1) is 11.5. The van der Waals surface area contributed by atoms with Crippen molar-refractivity contribution >= 4 is 51.9 Å². The van der Waals surface area contributed by atoms with E-state index in [1.807, 2.05) is 30.3 Å². The van der Waals surface area contributed by atoms with Crippen molar-refractivity contribution in [3.8, 4) is 0 Å². The number of anilines is 1. The second-order valence-corrected chi connectivity index (χ2v) is 6.89. The van der Waals surface area contributed by atoms with Crippen molar-refractivity contribution in [3.63, 3.8) is 0 Å². The zero-order valence-electron chi connectivity index (χ0n) is 12.7. The molecule has 1 saturated heterocycles. The summed E-state index contributed by atoms with van der Waals surface area (Å²) < 4.78 is 0.376. The summed E-state index contributed by atoms with van der Waals surface area (Å²) in [6.45, 7) is 1.80. The fourth-order valence-corrected chi connectivity index (χ4v) is 3.64. The molecule has 1 aliphatic heterocycles. The molecule has 1 aliphatic rings. The van der Waals surface area contributed by atoms with Crippen molar-refractivity contribution in [2.45, 2.75) is 6.92 Å². The first-order valence-corrected chi connectivity index (χ1v) is 8.35. The zero-order valence-corrected chi connectivity index (χ0v) is 14.3. The van der Waals surface area contributed by atoms with Gasteiger partial charge in [-0.15, -0.1) is 0 Å². The van der Waals surface area contributed by atoms with Gasteiger partial charge in [-0.3, -0.25) is 9.69 Å². The van der Waals surface area contributed by atoms with E-state index in [4.69, 9.17) is 12.2 Å². The van der Waals surface area contributed by atoms with Crippen molar-refractivity contribution in [1.29, 1.82) is 0 Å². The molecule has 0 bridgehead atoms. The van der Waals surface area contributed by atoms with Crippen LogP contribution in [0.1, 0.15) is 21.5 Å². The maximum Gasteiger partial charge on any atom is 0.270 e. The van der Waals surface area contributed by atoms with Gasteiger partial charge in [-0.2, -0.15) is 0 Å². The minimum Gasteiger partial charge on any atom is -0.545 e. The lowest BCUT2D eigenvalue weighted by atomic mass is 10.1. The molecule has 1 amide bonds. The van der Waals surface area contributed by atoms with E-state index in [9.17, 15) is 14.7 Å². The molecule has 0 unspecified atom stereocenters. The molecule has 0 aliphatic carbocycles. The predicted molar refractivity (Wildman–Crippen MR) is 97.6 cm³/mol. The number of carbonyl (C=O) groups excluding carboxylic acids is 2. The average Bonchev–Trinajstić information content (AvgIpc) is 2.83. The van der Waals surface area contributed by atoms with Gasteiger partial charge in [0.25, 0.3) is 5.91 Å². The third kappa shape index (κ3) is 3.11. The molecule has 0 radical (unpaired) electrons. The highest BCUT2D eigenvalue weighted by Crippen LogP contribution is 2.37. The molecule has 3 rings (SSSR count). The second-order valence-electron chi connectivity index (χ2n) is 5.22.